The van der Waals surface area contributed by atoms with Crippen LogP contribution in [-0.2, 0) is 0 Å². The number of piperazine rings is 1. The van der Waals surface area contributed by atoms with Gasteiger partial charge in [0.2, 0.25) is 0 Å². The zero-order valence-corrected chi connectivity index (χ0v) is 10.1. The summed E-state index contributed by atoms with van der Waals surface area (Å²) in [5.74, 6) is 0. The van der Waals surface area contributed by atoms with Crippen LogP contribution in [0.3, 0.4) is 0 Å². The maximum absolute atomic E-state index is 9.08. The van der Waals surface area contributed by atoms with E-state index in [1.165, 1.54) is 0 Å². The summed E-state index contributed by atoms with van der Waals surface area (Å²) in [6, 6.07) is 12.0. The molecule has 1 N–H and O–H groups in total. The van der Waals surface area contributed by atoms with Crippen molar-refractivity contribution in [1.82, 2.24) is 10.3 Å². The second-order valence-electron chi connectivity index (χ2n) is 4.39. The number of anilines is 1. The molecule has 0 amide bonds. The molecule has 1 aliphatic rings. The number of nitriles is 1. The van der Waals surface area contributed by atoms with Gasteiger partial charge in [0.1, 0.15) is 11.8 Å². The van der Waals surface area contributed by atoms with E-state index in [0.29, 0.717) is 5.69 Å². The minimum Gasteiger partial charge on any atom is -0.368 e. The Kier molecular flexibility index (Phi) is 2.83. The molecule has 3 rings (SSSR count). The Morgan fingerprint density at radius 2 is 2.00 bits per heavy atom. The number of aromatic nitrogens is 1. The van der Waals surface area contributed by atoms with Crippen LogP contribution in [0.5, 0.6) is 0 Å². The number of pyridine rings is 1. The molecule has 1 aromatic heterocycles. The van der Waals surface area contributed by atoms with Crippen LogP contribution < -0.4 is 10.2 Å². The van der Waals surface area contributed by atoms with Gasteiger partial charge in [-0.25, -0.2) is 4.98 Å². The zero-order valence-electron chi connectivity index (χ0n) is 10.1. The third-order valence-electron chi connectivity index (χ3n) is 3.27. The molecule has 0 atom stereocenters. The van der Waals surface area contributed by atoms with Crippen molar-refractivity contribution >= 4 is 16.6 Å². The lowest BCUT2D eigenvalue weighted by Crippen LogP contribution is -2.43. The van der Waals surface area contributed by atoms with Crippen molar-refractivity contribution in [2.45, 2.75) is 0 Å². The summed E-state index contributed by atoms with van der Waals surface area (Å²) in [5.41, 5.74) is 2.51. The molecule has 1 saturated heterocycles. The molecule has 0 bridgehead atoms. The Hall–Kier alpha value is -2.12. The van der Waals surface area contributed by atoms with Crippen LogP contribution in [0.2, 0.25) is 0 Å². The molecule has 4 heteroatoms. The SMILES string of the molecule is N#Cc1cc(N2CCNCC2)c2ccccc2n1. The first-order chi connectivity index (χ1) is 8.88. The van der Waals surface area contributed by atoms with E-state index in [2.05, 4.69) is 27.3 Å². The summed E-state index contributed by atoms with van der Waals surface area (Å²) in [6.45, 7) is 3.91. The highest BCUT2D eigenvalue weighted by molar-refractivity contribution is 5.92. The molecule has 1 fully saturated rings. The summed E-state index contributed by atoms with van der Waals surface area (Å²) >= 11 is 0. The Morgan fingerprint density at radius 1 is 1.22 bits per heavy atom. The molecule has 2 heterocycles. The van der Waals surface area contributed by atoms with Crippen LogP contribution in [0, 0.1) is 11.3 Å². The average molecular weight is 238 g/mol. The standard InChI is InChI=1S/C14H14N4/c15-10-11-9-14(18-7-5-16-6-8-18)12-3-1-2-4-13(12)17-11/h1-4,9,16H,5-8H2. The number of fused-ring (bicyclic) bond motifs is 1. The van der Waals surface area contributed by atoms with Gasteiger partial charge in [0.05, 0.1) is 5.52 Å². The highest BCUT2D eigenvalue weighted by Crippen LogP contribution is 2.26. The first-order valence-electron chi connectivity index (χ1n) is 6.14. The van der Waals surface area contributed by atoms with Gasteiger partial charge < -0.3 is 10.2 Å². The van der Waals surface area contributed by atoms with Crippen molar-refractivity contribution in [3.05, 3.63) is 36.0 Å². The molecular weight excluding hydrogens is 224 g/mol. The van der Waals surface area contributed by atoms with E-state index in [4.69, 9.17) is 5.26 Å². The Bertz CT molecular complexity index is 609. The van der Waals surface area contributed by atoms with Gasteiger partial charge in [-0.1, -0.05) is 18.2 Å². The third-order valence-corrected chi connectivity index (χ3v) is 3.27. The van der Waals surface area contributed by atoms with Crippen molar-refractivity contribution in [2.24, 2.45) is 0 Å². The lowest BCUT2D eigenvalue weighted by molar-refractivity contribution is 0.590. The second-order valence-corrected chi connectivity index (χ2v) is 4.39. The van der Waals surface area contributed by atoms with E-state index in [9.17, 15) is 0 Å². The maximum atomic E-state index is 9.08. The summed E-state index contributed by atoms with van der Waals surface area (Å²) in [5, 5.41) is 13.5. The summed E-state index contributed by atoms with van der Waals surface area (Å²) in [6.07, 6.45) is 0. The highest BCUT2D eigenvalue weighted by Gasteiger charge is 2.14. The molecule has 18 heavy (non-hydrogen) atoms. The first-order valence-corrected chi connectivity index (χ1v) is 6.14. The predicted octanol–water partition coefficient (Wildman–Crippen LogP) is 1.52. The van der Waals surface area contributed by atoms with Gasteiger partial charge in [0.25, 0.3) is 0 Å². The van der Waals surface area contributed by atoms with Gasteiger partial charge in [-0.05, 0) is 12.1 Å². The fourth-order valence-corrected chi connectivity index (χ4v) is 2.38. The van der Waals surface area contributed by atoms with Crippen molar-refractivity contribution in [3.8, 4) is 6.07 Å². The third kappa shape index (κ3) is 1.89. The average Bonchev–Trinajstić information content (AvgIpc) is 2.47. The number of nitrogens with one attached hydrogen (secondary N) is 1. The Balaban J connectivity index is 2.16. The second kappa shape index (κ2) is 4.63. The van der Waals surface area contributed by atoms with Crippen LogP contribution in [0.1, 0.15) is 5.69 Å². The van der Waals surface area contributed by atoms with Gasteiger partial charge in [-0.15, -0.1) is 0 Å². The molecular formula is C14H14N4. The lowest BCUT2D eigenvalue weighted by atomic mass is 10.1. The van der Waals surface area contributed by atoms with E-state index >= 15 is 0 Å². The monoisotopic (exact) mass is 238 g/mol. The van der Waals surface area contributed by atoms with Crippen molar-refractivity contribution in [3.63, 3.8) is 0 Å². The van der Waals surface area contributed by atoms with E-state index in [1.54, 1.807) is 0 Å². The lowest BCUT2D eigenvalue weighted by Gasteiger charge is -2.30. The van der Waals surface area contributed by atoms with Crippen molar-refractivity contribution in [2.75, 3.05) is 31.1 Å². The van der Waals surface area contributed by atoms with Crippen LogP contribution in [0.15, 0.2) is 30.3 Å². The highest BCUT2D eigenvalue weighted by atomic mass is 15.2. The van der Waals surface area contributed by atoms with Crippen LogP contribution >= 0.6 is 0 Å². The molecule has 0 aliphatic carbocycles. The predicted molar refractivity (Wildman–Crippen MR) is 71.5 cm³/mol. The summed E-state index contributed by atoms with van der Waals surface area (Å²) in [4.78, 5) is 6.67. The fraction of sp³-hybridized carbons (Fsp3) is 0.286. The molecule has 90 valence electrons. The minimum atomic E-state index is 0.488. The van der Waals surface area contributed by atoms with Crippen molar-refractivity contribution < 1.29 is 0 Å². The van der Waals surface area contributed by atoms with E-state index in [-0.39, 0.29) is 0 Å². The molecule has 0 spiro atoms. The minimum absolute atomic E-state index is 0.488. The van der Waals surface area contributed by atoms with Crippen LogP contribution in [-0.4, -0.2) is 31.2 Å². The smallest absolute Gasteiger partial charge is 0.143 e. The fourth-order valence-electron chi connectivity index (χ4n) is 2.38. The molecule has 1 aromatic carbocycles. The molecule has 4 nitrogen and oxygen atoms in total. The molecule has 0 unspecified atom stereocenters. The normalized spacial score (nSPS) is 15.6. The number of para-hydroxylation sites is 1. The van der Waals surface area contributed by atoms with E-state index in [0.717, 1.165) is 42.8 Å². The Labute approximate surface area is 106 Å². The first kappa shape index (κ1) is 11.0. The van der Waals surface area contributed by atoms with Crippen molar-refractivity contribution in [1.29, 1.82) is 5.26 Å². The quantitative estimate of drug-likeness (QED) is 0.818. The molecule has 1 aliphatic heterocycles. The number of rotatable bonds is 1. The van der Waals surface area contributed by atoms with Gasteiger partial charge in [0.15, 0.2) is 0 Å². The topological polar surface area (TPSA) is 52.0 Å². The Morgan fingerprint density at radius 3 is 2.78 bits per heavy atom. The summed E-state index contributed by atoms with van der Waals surface area (Å²) < 4.78 is 0. The summed E-state index contributed by atoms with van der Waals surface area (Å²) in [7, 11) is 0. The maximum Gasteiger partial charge on any atom is 0.143 e. The van der Waals surface area contributed by atoms with Crippen LogP contribution in [0.4, 0.5) is 5.69 Å². The number of hydrogen-bond acceptors (Lipinski definition) is 4. The molecule has 2 aromatic rings. The zero-order chi connectivity index (χ0) is 12.4. The van der Waals surface area contributed by atoms with Gasteiger partial charge >= 0.3 is 0 Å². The van der Waals surface area contributed by atoms with Gasteiger partial charge in [-0.2, -0.15) is 5.26 Å². The largest absolute Gasteiger partial charge is 0.368 e. The van der Waals surface area contributed by atoms with Gasteiger partial charge in [0, 0.05) is 37.3 Å². The number of nitrogens with zero attached hydrogens (tertiary/aromatic N) is 3. The van der Waals surface area contributed by atoms with E-state index < -0.39 is 0 Å². The van der Waals surface area contributed by atoms with Gasteiger partial charge in [-0.3, -0.25) is 0 Å². The number of benzene rings is 1. The number of hydrogen-bond donors (Lipinski definition) is 1. The van der Waals surface area contributed by atoms with Crippen LogP contribution in [0.25, 0.3) is 10.9 Å². The molecule has 0 saturated carbocycles. The van der Waals surface area contributed by atoms with E-state index in [1.807, 2.05) is 24.3 Å². The molecule has 0 radical (unpaired) electrons.